The summed E-state index contributed by atoms with van der Waals surface area (Å²) in [5, 5.41) is 12.9. The molecule has 1 aliphatic heterocycles. The Labute approximate surface area is 183 Å². The molecule has 1 aromatic heterocycles. The molecule has 0 radical (unpaired) electrons. The lowest BCUT2D eigenvalue weighted by Gasteiger charge is -2.35. The number of nitrogens with zero attached hydrogens (tertiary/aromatic N) is 3. The van der Waals surface area contributed by atoms with Gasteiger partial charge >= 0.3 is 0 Å². The van der Waals surface area contributed by atoms with Gasteiger partial charge in [0.05, 0.1) is 19.3 Å². The van der Waals surface area contributed by atoms with Crippen LogP contribution in [0.5, 0.6) is 0 Å². The number of aromatic nitrogens is 1. The third-order valence-electron chi connectivity index (χ3n) is 5.68. The molecule has 1 N–H and O–H groups in total. The van der Waals surface area contributed by atoms with Gasteiger partial charge in [0.1, 0.15) is 6.07 Å². The largest absolute Gasteiger partial charge is 0.419 e. The number of ether oxygens (including phenoxy) is 1. The summed E-state index contributed by atoms with van der Waals surface area (Å²) in [6.45, 7) is 8.21. The minimum absolute atomic E-state index is 0.141. The van der Waals surface area contributed by atoms with Crippen LogP contribution in [0.25, 0.3) is 11.5 Å². The second kappa shape index (κ2) is 9.78. The Hall–Kier alpha value is -3.14. The van der Waals surface area contributed by atoms with E-state index in [2.05, 4.69) is 59.4 Å². The van der Waals surface area contributed by atoms with Crippen molar-refractivity contribution < 1.29 is 9.15 Å². The molecule has 0 saturated carbocycles. The Kier molecular flexibility index (Phi) is 6.66. The molecule has 0 unspecified atom stereocenters. The molecule has 31 heavy (non-hydrogen) atoms. The average Bonchev–Trinajstić information content (AvgIpc) is 3.24. The van der Waals surface area contributed by atoms with Gasteiger partial charge in [0.15, 0.2) is 0 Å². The van der Waals surface area contributed by atoms with E-state index in [1.807, 2.05) is 30.3 Å². The van der Waals surface area contributed by atoms with Crippen LogP contribution in [0.15, 0.2) is 59.0 Å². The molecule has 1 saturated heterocycles. The lowest BCUT2D eigenvalue weighted by Crippen LogP contribution is -2.41. The fraction of sp³-hybridized carbons (Fsp3) is 0.360. The van der Waals surface area contributed by atoms with Gasteiger partial charge in [0.25, 0.3) is 0 Å². The maximum Gasteiger partial charge on any atom is 0.232 e. The first-order chi connectivity index (χ1) is 15.2. The number of hydrogen-bond donors (Lipinski definition) is 1. The zero-order valence-corrected chi connectivity index (χ0v) is 18.0. The predicted octanol–water partition coefficient (Wildman–Crippen LogP) is 4.82. The van der Waals surface area contributed by atoms with Crippen LogP contribution in [0.3, 0.4) is 0 Å². The minimum Gasteiger partial charge on any atom is -0.419 e. The molecule has 160 valence electrons. The maximum atomic E-state index is 9.55. The summed E-state index contributed by atoms with van der Waals surface area (Å²) in [4.78, 5) is 6.79. The highest BCUT2D eigenvalue weighted by Gasteiger charge is 2.24. The lowest BCUT2D eigenvalue weighted by atomic mass is 9.98. The van der Waals surface area contributed by atoms with E-state index in [0.29, 0.717) is 24.2 Å². The Morgan fingerprint density at radius 1 is 1.03 bits per heavy atom. The van der Waals surface area contributed by atoms with Crippen LogP contribution in [0.2, 0.25) is 0 Å². The van der Waals surface area contributed by atoms with Crippen molar-refractivity contribution in [2.24, 2.45) is 0 Å². The van der Waals surface area contributed by atoms with Crippen LogP contribution in [-0.4, -0.2) is 42.7 Å². The van der Waals surface area contributed by atoms with Crippen molar-refractivity contribution in [1.82, 2.24) is 9.88 Å². The van der Waals surface area contributed by atoms with E-state index in [4.69, 9.17) is 9.15 Å². The minimum atomic E-state index is 0.141. The second-order valence-corrected chi connectivity index (χ2v) is 8.04. The smallest absolute Gasteiger partial charge is 0.232 e. The van der Waals surface area contributed by atoms with E-state index in [1.165, 1.54) is 11.1 Å². The van der Waals surface area contributed by atoms with Gasteiger partial charge < -0.3 is 14.5 Å². The molecule has 2 aromatic carbocycles. The number of morpholine rings is 1. The number of benzene rings is 2. The predicted molar refractivity (Wildman–Crippen MR) is 121 cm³/mol. The molecule has 0 aliphatic carbocycles. The normalized spacial score (nSPS) is 15.5. The summed E-state index contributed by atoms with van der Waals surface area (Å²) in [5.41, 5.74) is 3.68. The number of nitrogens with one attached hydrogen (secondary N) is 1. The van der Waals surface area contributed by atoms with Crippen LogP contribution >= 0.6 is 0 Å². The summed E-state index contributed by atoms with van der Waals surface area (Å²) >= 11 is 0. The number of oxazole rings is 1. The highest BCUT2D eigenvalue weighted by Crippen LogP contribution is 2.28. The van der Waals surface area contributed by atoms with E-state index >= 15 is 0 Å². The SMILES string of the molecule is CC(C)c1ccc([C@@H](CNc2oc(-c3ccccc3)nc2C#N)N2CCOCC2)cc1. The molecule has 0 bridgehead atoms. The monoisotopic (exact) mass is 416 g/mol. The van der Waals surface area contributed by atoms with Gasteiger partial charge in [-0.25, -0.2) is 0 Å². The van der Waals surface area contributed by atoms with Crippen LogP contribution in [0.1, 0.15) is 42.6 Å². The molecule has 1 aliphatic rings. The maximum absolute atomic E-state index is 9.55. The average molecular weight is 417 g/mol. The third kappa shape index (κ3) is 4.96. The van der Waals surface area contributed by atoms with Gasteiger partial charge in [-0.2, -0.15) is 10.2 Å². The van der Waals surface area contributed by atoms with Gasteiger partial charge in [0, 0.05) is 25.2 Å². The Morgan fingerprint density at radius 2 is 1.71 bits per heavy atom. The van der Waals surface area contributed by atoms with E-state index < -0.39 is 0 Å². The first kappa shape index (κ1) is 21.1. The summed E-state index contributed by atoms with van der Waals surface area (Å²) in [6.07, 6.45) is 0. The van der Waals surface area contributed by atoms with Gasteiger partial charge in [0.2, 0.25) is 17.5 Å². The van der Waals surface area contributed by atoms with Crippen LogP contribution < -0.4 is 5.32 Å². The van der Waals surface area contributed by atoms with E-state index in [0.717, 1.165) is 31.9 Å². The van der Waals surface area contributed by atoms with E-state index in [9.17, 15) is 5.26 Å². The molecule has 3 aromatic rings. The quantitative estimate of drug-likeness (QED) is 0.595. The highest BCUT2D eigenvalue weighted by molar-refractivity contribution is 5.58. The molecule has 1 fully saturated rings. The molecule has 4 rings (SSSR count). The van der Waals surface area contributed by atoms with Crippen LogP contribution in [-0.2, 0) is 4.74 Å². The van der Waals surface area contributed by atoms with Gasteiger partial charge in [-0.1, -0.05) is 56.3 Å². The molecule has 0 spiro atoms. The molecule has 6 nitrogen and oxygen atoms in total. The van der Waals surface area contributed by atoms with Gasteiger partial charge in [-0.05, 0) is 29.2 Å². The Morgan fingerprint density at radius 3 is 2.35 bits per heavy atom. The molecular weight excluding hydrogens is 388 g/mol. The number of nitriles is 1. The summed E-state index contributed by atoms with van der Waals surface area (Å²) < 4.78 is 11.5. The highest BCUT2D eigenvalue weighted by atomic mass is 16.5. The first-order valence-corrected chi connectivity index (χ1v) is 10.8. The van der Waals surface area contributed by atoms with Crippen molar-refractivity contribution >= 4 is 5.88 Å². The van der Waals surface area contributed by atoms with Crippen molar-refractivity contribution in [2.75, 3.05) is 38.2 Å². The number of anilines is 1. The van der Waals surface area contributed by atoms with E-state index in [-0.39, 0.29) is 11.7 Å². The fourth-order valence-electron chi connectivity index (χ4n) is 3.86. The molecule has 1 atom stereocenters. The summed E-state index contributed by atoms with van der Waals surface area (Å²) in [5.74, 6) is 1.36. The molecule has 6 heteroatoms. The zero-order valence-electron chi connectivity index (χ0n) is 18.0. The summed E-state index contributed by atoms with van der Waals surface area (Å²) in [7, 11) is 0. The second-order valence-electron chi connectivity index (χ2n) is 8.04. The van der Waals surface area contributed by atoms with Crippen LogP contribution in [0, 0.1) is 11.3 Å². The van der Waals surface area contributed by atoms with Gasteiger partial charge in [-0.3, -0.25) is 4.90 Å². The number of hydrogen-bond acceptors (Lipinski definition) is 6. The van der Waals surface area contributed by atoms with Gasteiger partial charge in [-0.15, -0.1) is 0 Å². The topological polar surface area (TPSA) is 74.3 Å². The number of rotatable bonds is 7. The van der Waals surface area contributed by atoms with Crippen molar-refractivity contribution in [3.8, 4) is 17.5 Å². The van der Waals surface area contributed by atoms with Crippen LogP contribution in [0.4, 0.5) is 5.88 Å². The first-order valence-electron chi connectivity index (χ1n) is 10.8. The molecule has 2 heterocycles. The lowest BCUT2D eigenvalue weighted by molar-refractivity contribution is 0.0186. The third-order valence-corrected chi connectivity index (χ3v) is 5.68. The van der Waals surface area contributed by atoms with Crippen molar-refractivity contribution in [3.05, 3.63) is 71.4 Å². The summed E-state index contributed by atoms with van der Waals surface area (Å²) in [6, 6.07) is 20.7. The fourth-order valence-corrected chi connectivity index (χ4v) is 3.86. The standard InChI is InChI=1S/C25H28N4O2/c1-18(2)19-8-10-20(11-9-19)23(29-12-14-30-15-13-29)17-27-25-22(16-26)28-24(31-25)21-6-4-3-5-7-21/h3-11,18,23,27H,12-15,17H2,1-2H3/t23-/m1/s1. The molecular formula is C25H28N4O2. The van der Waals surface area contributed by atoms with Crippen molar-refractivity contribution in [2.45, 2.75) is 25.8 Å². The Bertz CT molecular complexity index is 1020. The van der Waals surface area contributed by atoms with E-state index in [1.54, 1.807) is 0 Å². The van der Waals surface area contributed by atoms with Crippen molar-refractivity contribution in [1.29, 1.82) is 5.26 Å². The molecule has 0 amide bonds. The zero-order chi connectivity index (χ0) is 21.6. The van der Waals surface area contributed by atoms with Crippen molar-refractivity contribution in [3.63, 3.8) is 0 Å². The Balaban J connectivity index is 1.56.